The van der Waals surface area contributed by atoms with Crippen LogP contribution in [0.1, 0.15) is 10.4 Å². The van der Waals surface area contributed by atoms with Gasteiger partial charge < -0.3 is 4.74 Å². The van der Waals surface area contributed by atoms with Crippen molar-refractivity contribution >= 4 is 28.2 Å². The fourth-order valence-electron chi connectivity index (χ4n) is 2.91. The normalized spacial score (nSPS) is 10.5. The number of nitro groups is 1. The lowest BCUT2D eigenvalue weighted by Gasteiger charge is -2.11. The SMILES string of the molecule is O=C(NNc1ncnc(Oc2cccc3ccccc23)c1[N+](=O)[O-])c1ccccc1F. The van der Waals surface area contributed by atoms with Crippen molar-refractivity contribution in [2.45, 2.75) is 0 Å². The molecule has 4 rings (SSSR count). The summed E-state index contributed by atoms with van der Waals surface area (Å²) >= 11 is 0. The Balaban J connectivity index is 1.63. The van der Waals surface area contributed by atoms with Gasteiger partial charge in [-0.15, -0.1) is 0 Å². The molecule has 0 aliphatic heterocycles. The van der Waals surface area contributed by atoms with Gasteiger partial charge in [-0.1, -0.05) is 48.5 Å². The second-order valence-electron chi connectivity index (χ2n) is 6.27. The lowest BCUT2D eigenvalue weighted by atomic mass is 10.1. The van der Waals surface area contributed by atoms with Crippen LogP contribution in [0, 0.1) is 15.9 Å². The van der Waals surface area contributed by atoms with E-state index in [9.17, 15) is 19.3 Å². The zero-order valence-corrected chi connectivity index (χ0v) is 15.8. The summed E-state index contributed by atoms with van der Waals surface area (Å²) in [5, 5.41) is 13.3. The summed E-state index contributed by atoms with van der Waals surface area (Å²) in [6, 6.07) is 18.0. The minimum Gasteiger partial charge on any atom is -0.433 e. The van der Waals surface area contributed by atoms with Crippen LogP contribution >= 0.6 is 0 Å². The number of hydrazine groups is 1. The zero-order chi connectivity index (χ0) is 21.8. The average molecular weight is 419 g/mol. The highest BCUT2D eigenvalue weighted by Gasteiger charge is 2.26. The van der Waals surface area contributed by atoms with Crippen LogP contribution in [-0.2, 0) is 0 Å². The van der Waals surface area contributed by atoms with Crippen molar-refractivity contribution in [3.63, 3.8) is 0 Å². The molecule has 1 amide bonds. The number of amides is 1. The number of hydrogen-bond donors (Lipinski definition) is 2. The van der Waals surface area contributed by atoms with E-state index in [1.54, 1.807) is 12.1 Å². The highest BCUT2D eigenvalue weighted by molar-refractivity contribution is 5.95. The first-order valence-electron chi connectivity index (χ1n) is 9.00. The molecule has 1 heterocycles. The third-order valence-electron chi connectivity index (χ3n) is 4.34. The van der Waals surface area contributed by atoms with Gasteiger partial charge in [0.1, 0.15) is 17.9 Å². The first-order valence-corrected chi connectivity index (χ1v) is 9.00. The first kappa shape index (κ1) is 19.7. The number of anilines is 1. The molecule has 0 aliphatic carbocycles. The first-order chi connectivity index (χ1) is 15.0. The predicted octanol–water partition coefficient (Wildman–Crippen LogP) is 4.23. The van der Waals surface area contributed by atoms with E-state index in [4.69, 9.17) is 4.74 Å². The Morgan fingerprint density at radius 1 is 1.00 bits per heavy atom. The van der Waals surface area contributed by atoms with Gasteiger partial charge in [0.15, 0.2) is 0 Å². The van der Waals surface area contributed by atoms with Gasteiger partial charge >= 0.3 is 11.6 Å². The number of nitrogens with zero attached hydrogens (tertiary/aromatic N) is 3. The minimum absolute atomic E-state index is 0.237. The third kappa shape index (κ3) is 4.08. The van der Waals surface area contributed by atoms with E-state index in [2.05, 4.69) is 20.8 Å². The molecule has 31 heavy (non-hydrogen) atoms. The van der Waals surface area contributed by atoms with E-state index in [-0.39, 0.29) is 17.3 Å². The molecule has 1 aromatic heterocycles. The van der Waals surface area contributed by atoms with Crippen molar-refractivity contribution in [2.24, 2.45) is 0 Å². The maximum atomic E-state index is 13.8. The molecule has 0 spiro atoms. The molecule has 3 aromatic carbocycles. The molecule has 0 saturated carbocycles. The largest absolute Gasteiger partial charge is 0.433 e. The van der Waals surface area contributed by atoms with Gasteiger partial charge in [0.25, 0.3) is 5.91 Å². The number of ether oxygens (including phenoxy) is 1. The Morgan fingerprint density at radius 2 is 1.74 bits per heavy atom. The second-order valence-corrected chi connectivity index (χ2v) is 6.27. The van der Waals surface area contributed by atoms with Gasteiger partial charge in [0.05, 0.1) is 10.5 Å². The Kier molecular flexibility index (Phi) is 5.35. The zero-order valence-electron chi connectivity index (χ0n) is 15.8. The number of halogens is 1. The van der Waals surface area contributed by atoms with Crippen molar-refractivity contribution < 1.29 is 18.8 Å². The van der Waals surface area contributed by atoms with Gasteiger partial charge in [0.2, 0.25) is 5.82 Å². The molecule has 154 valence electrons. The highest BCUT2D eigenvalue weighted by atomic mass is 19.1. The Labute approximate surface area is 174 Å². The fraction of sp³-hybridized carbons (Fsp3) is 0. The van der Waals surface area contributed by atoms with E-state index in [1.807, 2.05) is 30.3 Å². The van der Waals surface area contributed by atoms with E-state index in [0.29, 0.717) is 5.75 Å². The molecule has 2 N–H and O–H groups in total. The van der Waals surface area contributed by atoms with Crippen LogP contribution in [0.4, 0.5) is 15.9 Å². The van der Waals surface area contributed by atoms with E-state index in [1.165, 1.54) is 18.2 Å². The Hall–Kier alpha value is -4.60. The Bertz CT molecular complexity index is 1290. The number of hydrogen-bond acceptors (Lipinski definition) is 7. The second kappa shape index (κ2) is 8.41. The molecule has 0 saturated heterocycles. The molecule has 0 unspecified atom stereocenters. The van der Waals surface area contributed by atoms with Gasteiger partial charge in [-0.3, -0.25) is 25.8 Å². The molecule has 4 aromatic rings. The van der Waals surface area contributed by atoms with Crippen LogP contribution in [0.2, 0.25) is 0 Å². The molecule has 0 aliphatic rings. The van der Waals surface area contributed by atoms with E-state index < -0.39 is 22.3 Å². The molecule has 0 bridgehead atoms. The monoisotopic (exact) mass is 419 g/mol. The van der Waals surface area contributed by atoms with Crippen molar-refractivity contribution in [1.29, 1.82) is 0 Å². The van der Waals surface area contributed by atoms with Gasteiger partial charge in [-0.05, 0) is 23.6 Å². The average Bonchev–Trinajstić information content (AvgIpc) is 2.78. The highest BCUT2D eigenvalue weighted by Crippen LogP contribution is 2.36. The van der Waals surface area contributed by atoms with Crippen molar-refractivity contribution in [3.05, 3.63) is 94.6 Å². The maximum absolute atomic E-state index is 13.8. The lowest BCUT2D eigenvalue weighted by molar-refractivity contribution is -0.385. The van der Waals surface area contributed by atoms with Crippen LogP contribution in [0.15, 0.2) is 73.1 Å². The summed E-state index contributed by atoms with van der Waals surface area (Å²) in [5.74, 6) is -1.85. The van der Waals surface area contributed by atoms with Crippen LogP contribution < -0.4 is 15.6 Å². The number of carbonyl (C=O) groups is 1. The molecule has 0 fully saturated rings. The quantitative estimate of drug-likeness (QED) is 0.355. The molecular formula is C21H14FN5O4. The summed E-state index contributed by atoms with van der Waals surface area (Å²) in [6.45, 7) is 0. The summed E-state index contributed by atoms with van der Waals surface area (Å²) in [6.07, 6.45) is 1.05. The maximum Gasteiger partial charge on any atom is 0.374 e. The summed E-state index contributed by atoms with van der Waals surface area (Å²) in [5.41, 5.74) is 3.71. The standard InChI is InChI=1S/C21H14FN5O4/c22-16-10-4-3-9-15(16)20(28)26-25-19-18(27(29)30)21(24-12-23-19)31-17-11-5-7-13-6-1-2-8-14(13)17/h1-12H,(H,26,28)(H,23,24,25). The number of nitrogens with one attached hydrogen (secondary N) is 2. The van der Waals surface area contributed by atoms with Crippen LogP contribution in [0.5, 0.6) is 11.6 Å². The summed E-state index contributed by atoms with van der Waals surface area (Å²) in [7, 11) is 0. The van der Waals surface area contributed by atoms with E-state index in [0.717, 1.165) is 23.2 Å². The van der Waals surface area contributed by atoms with Crippen molar-refractivity contribution in [3.8, 4) is 11.6 Å². The molecule has 10 heteroatoms. The van der Waals surface area contributed by atoms with Gasteiger partial charge in [-0.25, -0.2) is 9.37 Å². The number of rotatable bonds is 6. The van der Waals surface area contributed by atoms with E-state index >= 15 is 0 Å². The van der Waals surface area contributed by atoms with Crippen molar-refractivity contribution in [1.82, 2.24) is 15.4 Å². The topological polar surface area (TPSA) is 119 Å². The number of fused-ring (bicyclic) bond motifs is 1. The minimum atomic E-state index is -0.831. The van der Waals surface area contributed by atoms with Crippen LogP contribution in [0.25, 0.3) is 10.8 Å². The Morgan fingerprint density at radius 3 is 2.55 bits per heavy atom. The van der Waals surface area contributed by atoms with Crippen molar-refractivity contribution in [2.75, 3.05) is 5.43 Å². The van der Waals surface area contributed by atoms with Gasteiger partial charge in [-0.2, -0.15) is 4.98 Å². The smallest absolute Gasteiger partial charge is 0.374 e. The molecule has 0 atom stereocenters. The summed E-state index contributed by atoms with van der Waals surface area (Å²) < 4.78 is 19.5. The lowest BCUT2D eigenvalue weighted by Crippen LogP contribution is -2.31. The summed E-state index contributed by atoms with van der Waals surface area (Å²) in [4.78, 5) is 30.8. The number of benzene rings is 3. The predicted molar refractivity (Wildman–Crippen MR) is 110 cm³/mol. The van der Waals surface area contributed by atoms with Crippen LogP contribution in [0.3, 0.4) is 0 Å². The van der Waals surface area contributed by atoms with Crippen LogP contribution in [-0.4, -0.2) is 20.8 Å². The fourth-order valence-corrected chi connectivity index (χ4v) is 2.91. The number of aromatic nitrogens is 2. The third-order valence-corrected chi connectivity index (χ3v) is 4.34. The molecule has 0 radical (unpaired) electrons. The number of carbonyl (C=O) groups excluding carboxylic acids is 1. The van der Waals surface area contributed by atoms with Gasteiger partial charge in [0, 0.05) is 5.39 Å². The molecular weight excluding hydrogens is 405 g/mol. The molecule has 9 nitrogen and oxygen atoms in total.